The van der Waals surface area contributed by atoms with E-state index < -0.39 is 0 Å². The third-order valence-electron chi connectivity index (χ3n) is 3.74. The van der Waals surface area contributed by atoms with Crippen LogP contribution in [0.3, 0.4) is 0 Å². The van der Waals surface area contributed by atoms with Crippen LogP contribution in [0.2, 0.25) is 0 Å². The molecule has 1 amide bonds. The lowest BCUT2D eigenvalue weighted by Gasteiger charge is -2.34. The van der Waals surface area contributed by atoms with Crippen LogP contribution >= 0.6 is 0 Å². The molecule has 0 saturated carbocycles. The van der Waals surface area contributed by atoms with Gasteiger partial charge in [0, 0.05) is 43.9 Å². The number of aromatic nitrogens is 2. The summed E-state index contributed by atoms with van der Waals surface area (Å²) in [6, 6.07) is 0.280. The second-order valence-electron chi connectivity index (χ2n) is 6.76. The van der Waals surface area contributed by atoms with Crippen molar-refractivity contribution in [3.8, 4) is 0 Å². The molecule has 0 bridgehead atoms. The van der Waals surface area contributed by atoms with Crippen LogP contribution < -0.4 is 5.32 Å². The Morgan fingerprint density at radius 2 is 2.24 bits per heavy atom. The van der Waals surface area contributed by atoms with Crippen LogP contribution in [0.25, 0.3) is 0 Å². The summed E-state index contributed by atoms with van der Waals surface area (Å²) in [5.41, 5.74) is -0.103. The van der Waals surface area contributed by atoms with Gasteiger partial charge >= 0.3 is 0 Å². The highest BCUT2D eigenvalue weighted by Crippen LogP contribution is 2.19. The second-order valence-corrected chi connectivity index (χ2v) is 6.76. The molecule has 1 atom stereocenters. The van der Waals surface area contributed by atoms with Crippen molar-refractivity contribution in [2.75, 3.05) is 19.6 Å². The summed E-state index contributed by atoms with van der Waals surface area (Å²) in [6.07, 6.45) is 1.95. The average Bonchev–Trinajstić information content (AvgIpc) is 2.88. The zero-order valence-corrected chi connectivity index (χ0v) is 13.5. The van der Waals surface area contributed by atoms with Gasteiger partial charge in [-0.25, -0.2) is 0 Å². The van der Waals surface area contributed by atoms with Crippen molar-refractivity contribution in [1.29, 1.82) is 0 Å². The zero-order chi connectivity index (χ0) is 15.5. The Morgan fingerprint density at radius 3 is 2.86 bits per heavy atom. The standard InChI is InChI=1S/C15H26N4O2/c1-11-10-16-8-9-19(11)13(20)7-5-6-12-17-14(18-21-12)15(2,3)4/h11,16H,5-10H2,1-4H3. The lowest BCUT2D eigenvalue weighted by atomic mass is 9.96. The molecule has 6 nitrogen and oxygen atoms in total. The first-order valence-corrected chi connectivity index (χ1v) is 7.71. The monoisotopic (exact) mass is 294 g/mol. The SMILES string of the molecule is CC1CNCCN1C(=O)CCCc1nc(C(C)(C)C)no1. The first-order valence-electron chi connectivity index (χ1n) is 7.71. The van der Waals surface area contributed by atoms with E-state index >= 15 is 0 Å². The maximum Gasteiger partial charge on any atom is 0.226 e. The van der Waals surface area contributed by atoms with Crippen molar-refractivity contribution in [2.24, 2.45) is 0 Å². The van der Waals surface area contributed by atoms with E-state index in [0.29, 0.717) is 18.7 Å². The summed E-state index contributed by atoms with van der Waals surface area (Å²) < 4.78 is 5.24. The van der Waals surface area contributed by atoms with Gasteiger partial charge in [-0.05, 0) is 13.3 Å². The van der Waals surface area contributed by atoms with Crippen molar-refractivity contribution >= 4 is 5.91 Å². The molecule has 1 unspecified atom stereocenters. The Bertz CT molecular complexity index is 478. The highest BCUT2D eigenvalue weighted by atomic mass is 16.5. The fourth-order valence-corrected chi connectivity index (χ4v) is 2.41. The number of carbonyl (C=O) groups excluding carboxylic acids is 1. The van der Waals surface area contributed by atoms with Gasteiger partial charge in [0.15, 0.2) is 5.82 Å². The van der Waals surface area contributed by atoms with Crippen LogP contribution in [0.15, 0.2) is 4.52 Å². The van der Waals surface area contributed by atoms with Crippen LogP contribution in [-0.2, 0) is 16.6 Å². The zero-order valence-electron chi connectivity index (χ0n) is 13.5. The quantitative estimate of drug-likeness (QED) is 0.911. The largest absolute Gasteiger partial charge is 0.339 e. The summed E-state index contributed by atoms with van der Waals surface area (Å²) in [5.74, 6) is 1.57. The number of amides is 1. The topological polar surface area (TPSA) is 71.3 Å². The first kappa shape index (κ1) is 15.9. The molecule has 118 valence electrons. The number of rotatable bonds is 4. The predicted molar refractivity (Wildman–Crippen MR) is 80.0 cm³/mol. The predicted octanol–water partition coefficient (Wildman–Crippen LogP) is 1.51. The van der Waals surface area contributed by atoms with Crippen molar-refractivity contribution in [2.45, 2.75) is 58.4 Å². The molecule has 1 saturated heterocycles. The van der Waals surface area contributed by atoms with Crippen LogP contribution in [0.1, 0.15) is 52.3 Å². The molecule has 0 spiro atoms. The van der Waals surface area contributed by atoms with Crippen molar-refractivity contribution < 1.29 is 9.32 Å². The number of piperazine rings is 1. The number of hydrogen-bond donors (Lipinski definition) is 1. The van der Waals surface area contributed by atoms with Crippen LogP contribution in [-0.4, -0.2) is 46.6 Å². The molecule has 0 aliphatic carbocycles. The molecule has 1 fully saturated rings. The molecule has 1 aliphatic rings. The number of hydrogen-bond acceptors (Lipinski definition) is 5. The summed E-state index contributed by atoms with van der Waals surface area (Å²) in [7, 11) is 0. The summed E-state index contributed by atoms with van der Waals surface area (Å²) >= 11 is 0. The lowest BCUT2D eigenvalue weighted by molar-refractivity contribution is -0.134. The lowest BCUT2D eigenvalue weighted by Crippen LogP contribution is -2.52. The van der Waals surface area contributed by atoms with E-state index in [1.54, 1.807) is 0 Å². The molecule has 1 N–H and O–H groups in total. The molecule has 0 aromatic carbocycles. The molecule has 6 heteroatoms. The van der Waals surface area contributed by atoms with E-state index in [1.165, 1.54) is 0 Å². The minimum Gasteiger partial charge on any atom is -0.339 e. The van der Waals surface area contributed by atoms with E-state index in [9.17, 15) is 4.79 Å². The summed E-state index contributed by atoms with van der Waals surface area (Å²) in [4.78, 5) is 18.6. The van der Waals surface area contributed by atoms with Gasteiger partial charge in [0.1, 0.15) is 0 Å². The van der Waals surface area contributed by atoms with E-state index in [-0.39, 0.29) is 17.4 Å². The highest BCUT2D eigenvalue weighted by molar-refractivity contribution is 5.76. The number of aryl methyl sites for hydroxylation is 1. The molecule has 0 radical (unpaired) electrons. The summed E-state index contributed by atoms with van der Waals surface area (Å²) in [5, 5.41) is 7.29. The van der Waals surface area contributed by atoms with Gasteiger partial charge in [0.2, 0.25) is 11.8 Å². The van der Waals surface area contributed by atoms with E-state index in [1.807, 2.05) is 4.90 Å². The van der Waals surface area contributed by atoms with Crippen LogP contribution in [0, 0.1) is 0 Å². The highest BCUT2D eigenvalue weighted by Gasteiger charge is 2.23. The van der Waals surface area contributed by atoms with E-state index in [4.69, 9.17) is 4.52 Å². The number of nitrogens with zero attached hydrogens (tertiary/aromatic N) is 3. The Kier molecular flexibility index (Phi) is 4.98. The molecule has 1 aromatic heterocycles. The smallest absolute Gasteiger partial charge is 0.226 e. The third-order valence-corrected chi connectivity index (χ3v) is 3.74. The van der Waals surface area contributed by atoms with E-state index in [2.05, 4.69) is 43.2 Å². The van der Waals surface area contributed by atoms with Gasteiger partial charge in [-0.2, -0.15) is 4.98 Å². The summed E-state index contributed by atoms with van der Waals surface area (Å²) in [6.45, 7) is 10.8. The van der Waals surface area contributed by atoms with Gasteiger partial charge in [0.05, 0.1) is 0 Å². The normalized spacial score (nSPS) is 19.8. The van der Waals surface area contributed by atoms with Crippen molar-refractivity contribution in [3.05, 3.63) is 11.7 Å². The van der Waals surface area contributed by atoms with Gasteiger partial charge in [-0.15, -0.1) is 0 Å². The molecular weight excluding hydrogens is 268 g/mol. The van der Waals surface area contributed by atoms with Crippen molar-refractivity contribution in [3.63, 3.8) is 0 Å². The number of nitrogens with one attached hydrogen (secondary N) is 1. The molecule has 2 rings (SSSR count). The minimum atomic E-state index is -0.103. The second kappa shape index (κ2) is 6.56. The van der Waals surface area contributed by atoms with E-state index in [0.717, 1.165) is 31.9 Å². The fourth-order valence-electron chi connectivity index (χ4n) is 2.41. The molecular formula is C15H26N4O2. The molecule has 21 heavy (non-hydrogen) atoms. The van der Waals surface area contributed by atoms with Gasteiger partial charge in [-0.3, -0.25) is 4.79 Å². The fraction of sp³-hybridized carbons (Fsp3) is 0.800. The van der Waals surface area contributed by atoms with Gasteiger partial charge in [0.25, 0.3) is 0 Å². The average molecular weight is 294 g/mol. The molecule has 1 aliphatic heterocycles. The van der Waals surface area contributed by atoms with Crippen LogP contribution in [0.5, 0.6) is 0 Å². The Labute approximate surface area is 126 Å². The Hall–Kier alpha value is -1.43. The van der Waals surface area contributed by atoms with Crippen LogP contribution in [0.4, 0.5) is 0 Å². The number of carbonyl (C=O) groups is 1. The minimum absolute atomic E-state index is 0.103. The maximum atomic E-state index is 12.2. The van der Waals surface area contributed by atoms with Crippen molar-refractivity contribution in [1.82, 2.24) is 20.4 Å². The van der Waals surface area contributed by atoms with Gasteiger partial charge in [-0.1, -0.05) is 25.9 Å². The Balaban J connectivity index is 1.78. The third kappa shape index (κ3) is 4.27. The maximum absolute atomic E-state index is 12.2. The van der Waals surface area contributed by atoms with Gasteiger partial charge < -0.3 is 14.7 Å². The molecule has 2 heterocycles. The molecule has 1 aromatic rings. The first-order chi connectivity index (χ1) is 9.88. The Morgan fingerprint density at radius 1 is 1.48 bits per heavy atom.